The number of nitrogens with one attached hydrogen (secondary N) is 2. The van der Waals surface area contributed by atoms with Crippen molar-refractivity contribution in [1.29, 1.82) is 0 Å². The molecule has 1 aliphatic rings. The maximum Gasteiger partial charge on any atom is 0.407 e. The topological polar surface area (TPSA) is 117 Å². The molecule has 0 spiro atoms. The van der Waals surface area contributed by atoms with E-state index in [1.54, 1.807) is 29.0 Å². The number of ether oxygens (including phenoxy) is 1. The molecule has 1 fully saturated rings. The Bertz CT molecular complexity index is 808. The van der Waals surface area contributed by atoms with Crippen LogP contribution in [0.2, 0.25) is 0 Å². The number of carbonyl (C=O) groups is 2. The van der Waals surface area contributed by atoms with Gasteiger partial charge >= 0.3 is 12.1 Å². The third-order valence-corrected chi connectivity index (χ3v) is 4.85. The van der Waals surface area contributed by atoms with E-state index in [1.807, 2.05) is 27.7 Å². The van der Waals surface area contributed by atoms with E-state index in [-0.39, 0.29) is 17.8 Å². The SMILES string of the molecule is C[C@H](CCCCNC(=O)OC(C)(C)C)Nc1c(N2CCN(C)C2=O)cccc1[N+](=O)[O-]. The first-order valence-electron chi connectivity index (χ1n) is 10.5. The lowest BCUT2D eigenvalue weighted by molar-refractivity contribution is -0.383. The molecule has 2 rings (SSSR count). The monoisotopic (exact) mass is 435 g/mol. The van der Waals surface area contributed by atoms with Crippen LogP contribution in [-0.4, -0.2) is 60.3 Å². The van der Waals surface area contributed by atoms with Crippen LogP contribution in [0.1, 0.15) is 47.0 Å². The number of unbranched alkanes of at least 4 members (excludes halogenated alkanes) is 1. The minimum absolute atomic E-state index is 0.0571. The highest BCUT2D eigenvalue weighted by atomic mass is 16.6. The van der Waals surface area contributed by atoms with Crippen molar-refractivity contribution in [3.05, 3.63) is 28.3 Å². The van der Waals surface area contributed by atoms with Gasteiger partial charge in [-0.25, -0.2) is 9.59 Å². The van der Waals surface area contributed by atoms with E-state index in [0.29, 0.717) is 31.0 Å². The van der Waals surface area contributed by atoms with Crippen molar-refractivity contribution in [3.63, 3.8) is 0 Å². The number of para-hydroxylation sites is 1. The summed E-state index contributed by atoms with van der Waals surface area (Å²) in [5.74, 6) is 0. The summed E-state index contributed by atoms with van der Waals surface area (Å²) in [6.07, 6.45) is 1.87. The van der Waals surface area contributed by atoms with E-state index < -0.39 is 16.6 Å². The van der Waals surface area contributed by atoms with Gasteiger partial charge in [-0.3, -0.25) is 15.0 Å². The summed E-state index contributed by atoms with van der Waals surface area (Å²) in [4.78, 5) is 38.4. The minimum atomic E-state index is -0.532. The summed E-state index contributed by atoms with van der Waals surface area (Å²) >= 11 is 0. The predicted octanol–water partition coefficient (Wildman–Crippen LogP) is 3.96. The molecule has 10 nitrogen and oxygen atoms in total. The Kier molecular flexibility index (Phi) is 8.07. The van der Waals surface area contributed by atoms with Gasteiger partial charge in [-0.1, -0.05) is 6.07 Å². The van der Waals surface area contributed by atoms with E-state index in [4.69, 9.17) is 4.74 Å². The van der Waals surface area contributed by atoms with Gasteiger partial charge in [0.15, 0.2) is 0 Å². The number of alkyl carbamates (subject to hydrolysis) is 1. The summed E-state index contributed by atoms with van der Waals surface area (Å²) in [6.45, 7) is 8.92. The minimum Gasteiger partial charge on any atom is -0.444 e. The fourth-order valence-corrected chi connectivity index (χ4v) is 3.32. The van der Waals surface area contributed by atoms with Crippen LogP contribution < -0.4 is 15.5 Å². The fraction of sp³-hybridized carbons (Fsp3) is 0.619. The van der Waals surface area contributed by atoms with Crippen LogP contribution in [0.5, 0.6) is 0 Å². The maximum absolute atomic E-state index is 12.4. The van der Waals surface area contributed by atoms with Crippen molar-refractivity contribution >= 4 is 29.2 Å². The number of anilines is 2. The molecule has 1 heterocycles. The average Bonchev–Trinajstić information content (AvgIpc) is 2.98. The lowest BCUT2D eigenvalue weighted by Gasteiger charge is -2.23. The number of rotatable bonds is 9. The van der Waals surface area contributed by atoms with Gasteiger partial charge in [-0.05, 0) is 53.0 Å². The molecule has 2 N–H and O–H groups in total. The standard InChI is InChI=1S/C21H33N5O5/c1-15(9-6-7-12-22-19(27)31-21(2,3)4)23-18-16(10-8-11-17(18)26(29)30)25-14-13-24(5)20(25)28/h8,10-11,15,23H,6-7,9,12-14H2,1-5H3,(H,22,27)/t15-/m1/s1. The number of nitrogens with zero attached hydrogens (tertiary/aromatic N) is 3. The summed E-state index contributed by atoms with van der Waals surface area (Å²) in [5, 5.41) is 17.5. The molecule has 0 saturated carbocycles. The molecule has 10 heteroatoms. The molecule has 0 bridgehead atoms. The maximum atomic E-state index is 12.4. The molecule has 1 saturated heterocycles. The molecular formula is C21H33N5O5. The summed E-state index contributed by atoms with van der Waals surface area (Å²) in [5.41, 5.74) is 0.284. The number of nitro groups is 1. The number of hydrogen-bond donors (Lipinski definition) is 2. The molecule has 0 radical (unpaired) electrons. The molecule has 1 aromatic rings. The zero-order valence-electron chi connectivity index (χ0n) is 18.9. The fourth-order valence-electron chi connectivity index (χ4n) is 3.32. The number of carbonyl (C=O) groups excluding carboxylic acids is 2. The van der Waals surface area contributed by atoms with Crippen molar-refractivity contribution in [1.82, 2.24) is 10.2 Å². The van der Waals surface area contributed by atoms with E-state index in [1.165, 1.54) is 6.07 Å². The lowest BCUT2D eigenvalue weighted by atomic mass is 10.1. The first-order valence-corrected chi connectivity index (χ1v) is 10.5. The lowest BCUT2D eigenvalue weighted by Crippen LogP contribution is -2.33. The zero-order chi connectivity index (χ0) is 23.2. The van der Waals surface area contributed by atoms with Crippen LogP contribution in [0.4, 0.5) is 26.7 Å². The number of amides is 3. The van der Waals surface area contributed by atoms with Gasteiger partial charge in [0.1, 0.15) is 11.3 Å². The van der Waals surface area contributed by atoms with Gasteiger partial charge in [0.25, 0.3) is 5.69 Å². The molecular weight excluding hydrogens is 402 g/mol. The van der Waals surface area contributed by atoms with Crippen molar-refractivity contribution < 1.29 is 19.2 Å². The Hall–Kier alpha value is -3.04. The van der Waals surface area contributed by atoms with Crippen LogP contribution >= 0.6 is 0 Å². The van der Waals surface area contributed by atoms with Crippen LogP contribution in [0, 0.1) is 10.1 Å². The molecule has 0 unspecified atom stereocenters. The molecule has 0 aliphatic carbocycles. The van der Waals surface area contributed by atoms with E-state index in [0.717, 1.165) is 19.3 Å². The summed E-state index contributed by atoms with van der Waals surface area (Å²) in [7, 11) is 1.71. The van der Waals surface area contributed by atoms with Crippen molar-refractivity contribution in [2.24, 2.45) is 0 Å². The molecule has 0 aromatic heterocycles. The zero-order valence-corrected chi connectivity index (χ0v) is 18.9. The third kappa shape index (κ3) is 7.01. The largest absolute Gasteiger partial charge is 0.444 e. The average molecular weight is 436 g/mol. The highest BCUT2D eigenvalue weighted by Gasteiger charge is 2.31. The van der Waals surface area contributed by atoms with Gasteiger partial charge in [0.05, 0.1) is 10.6 Å². The van der Waals surface area contributed by atoms with Crippen LogP contribution in [0.3, 0.4) is 0 Å². The van der Waals surface area contributed by atoms with Crippen molar-refractivity contribution in [2.75, 3.05) is 36.9 Å². The smallest absolute Gasteiger partial charge is 0.407 e. The predicted molar refractivity (Wildman–Crippen MR) is 120 cm³/mol. The van der Waals surface area contributed by atoms with Crippen LogP contribution in [-0.2, 0) is 4.74 Å². The summed E-state index contributed by atoms with van der Waals surface area (Å²) < 4.78 is 5.20. The Morgan fingerprint density at radius 1 is 1.29 bits per heavy atom. The second kappa shape index (κ2) is 10.3. The molecule has 1 aromatic carbocycles. The Labute approximate surface area is 183 Å². The third-order valence-electron chi connectivity index (χ3n) is 4.85. The Morgan fingerprint density at radius 3 is 2.58 bits per heavy atom. The van der Waals surface area contributed by atoms with Gasteiger partial charge in [-0.15, -0.1) is 0 Å². The van der Waals surface area contributed by atoms with E-state index in [2.05, 4.69) is 10.6 Å². The number of urea groups is 1. The number of benzene rings is 1. The van der Waals surface area contributed by atoms with E-state index >= 15 is 0 Å². The highest BCUT2D eigenvalue weighted by Crippen LogP contribution is 2.37. The Morgan fingerprint density at radius 2 is 2.00 bits per heavy atom. The van der Waals surface area contributed by atoms with Gasteiger partial charge in [0, 0.05) is 38.8 Å². The molecule has 31 heavy (non-hydrogen) atoms. The van der Waals surface area contributed by atoms with Crippen molar-refractivity contribution in [3.8, 4) is 0 Å². The van der Waals surface area contributed by atoms with E-state index in [9.17, 15) is 19.7 Å². The number of nitro benzene ring substituents is 1. The van der Waals surface area contributed by atoms with Crippen LogP contribution in [0.15, 0.2) is 18.2 Å². The van der Waals surface area contributed by atoms with Gasteiger partial charge in [0.2, 0.25) is 0 Å². The van der Waals surface area contributed by atoms with Gasteiger partial charge < -0.3 is 20.3 Å². The van der Waals surface area contributed by atoms with Crippen LogP contribution in [0.25, 0.3) is 0 Å². The second-order valence-electron chi connectivity index (χ2n) is 8.75. The van der Waals surface area contributed by atoms with Crippen molar-refractivity contribution in [2.45, 2.75) is 58.6 Å². The second-order valence-corrected chi connectivity index (χ2v) is 8.75. The van der Waals surface area contributed by atoms with Gasteiger partial charge in [-0.2, -0.15) is 0 Å². The molecule has 172 valence electrons. The molecule has 1 aliphatic heterocycles. The summed E-state index contributed by atoms with van der Waals surface area (Å²) in [6, 6.07) is 4.52. The number of likely N-dealkylation sites (N-methyl/N-ethyl adjacent to an activating group) is 1. The number of hydrogen-bond acceptors (Lipinski definition) is 6. The first kappa shape index (κ1) is 24.2. The molecule has 1 atom stereocenters. The normalized spacial score (nSPS) is 15.1. The Balaban J connectivity index is 1.95. The quantitative estimate of drug-likeness (QED) is 0.344. The first-order chi connectivity index (χ1) is 14.5. The highest BCUT2D eigenvalue weighted by molar-refractivity contribution is 5.99. The molecule has 3 amide bonds.